The Hall–Kier alpha value is -3.69. The van der Waals surface area contributed by atoms with Crippen LogP contribution in [0.15, 0.2) is 66.5 Å². The van der Waals surface area contributed by atoms with Crippen LogP contribution < -0.4 is 4.74 Å². The number of ether oxygens (including phenoxy) is 1. The van der Waals surface area contributed by atoms with Gasteiger partial charge in [-0.05, 0) is 111 Å². The second-order valence-corrected chi connectivity index (χ2v) is 12.9. The minimum atomic E-state index is -4.26. The van der Waals surface area contributed by atoms with Crippen molar-refractivity contribution < 1.29 is 44.3 Å². The first-order valence-electron chi connectivity index (χ1n) is 16.4. The van der Waals surface area contributed by atoms with Gasteiger partial charge in [0.05, 0.1) is 5.56 Å². The number of allylic oxidation sites excluding steroid dienone is 3. The number of rotatable bonds is 10. The quantitative estimate of drug-likeness (QED) is 0.118. The fraction of sp³-hybridized carbons (Fsp3) is 0.421. The SMILES string of the molecule is CCCC(F)=C(F)c1ccc(C2CCC(C=CC3CCC(c4ccc(C(F)(F)Oc5cc(F)c(F)c(F)c5)c(F)c4)CC3)CC2)c(F)c1. The summed E-state index contributed by atoms with van der Waals surface area (Å²) < 4.78 is 132. The Bertz CT molecular complexity index is 1620. The van der Waals surface area contributed by atoms with Crippen molar-refractivity contribution in [3.8, 4) is 5.75 Å². The molecule has 0 heterocycles. The molecule has 2 aliphatic carbocycles. The van der Waals surface area contributed by atoms with E-state index in [9.17, 15) is 39.5 Å². The molecule has 0 saturated heterocycles. The van der Waals surface area contributed by atoms with E-state index in [0.717, 1.165) is 69.6 Å². The summed E-state index contributed by atoms with van der Waals surface area (Å²) in [6, 6.07) is 7.95. The molecule has 2 fully saturated rings. The van der Waals surface area contributed by atoms with Crippen LogP contribution in [0.2, 0.25) is 0 Å². The maximum absolute atomic E-state index is 14.9. The number of halogens is 9. The third-order valence-electron chi connectivity index (χ3n) is 9.58. The Kier molecular flexibility index (Phi) is 11.3. The molecule has 5 rings (SSSR count). The summed E-state index contributed by atoms with van der Waals surface area (Å²) >= 11 is 0. The average molecular weight is 681 g/mol. The van der Waals surface area contributed by atoms with Crippen molar-refractivity contribution in [3.05, 3.63) is 118 Å². The normalized spacial score (nSPS) is 22.5. The van der Waals surface area contributed by atoms with Gasteiger partial charge in [0.1, 0.15) is 23.2 Å². The molecule has 0 bridgehead atoms. The molecular weight excluding hydrogens is 643 g/mol. The van der Waals surface area contributed by atoms with Crippen LogP contribution in [0.25, 0.3) is 5.83 Å². The molecule has 0 atom stereocenters. The molecule has 2 saturated carbocycles. The lowest BCUT2D eigenvalue weighted by Gasteiger charge is -2.29. The van der Waals surface area contributed by atoms with E-state index < -0.39 is 58.2 Å². The number of benzene rings is 3. The summed E-state index contributed by atoms with van der Waals surface area (Å²) in [5, 5.41) is 0. The fourth-order valence-corrected chi connectivity index (χ4v) is 6.88. The molecule has 0 amide bonds. The van der Waals surface area contributed by atoms with Crippen LogP contribution in [0.5, 0.6) is 5.75 Å². The van der Waals surface area contributed by atoms with Gasteiger partial charge in [0.25, 0.3) is 0 Å². The van der Waals surface area contributed by atoms with Crippen molar-refractivity contribution in [2.24, 2.45) is 11.8 Å². The molecule has 3 aromatic rings. The first-order valence-corrected chi connectivity index (χ1v) is 16.4. The van der Waals surface area contributed by atoms with Crippen LogP contribution in [0.1, 0.15) is 105 Å². The summed E-state index contributed by atoms with van der Waals surface area (Å²) in [6.45, 7) is 1.74. The Morgan fingerprint density at radius 2 is 1.29 bits per heavy atom. The highest BCUT2D eigenvalue weighted by molar-refractivity contribution is 5.61. The van der Waals surface area contributed by atoms with E-state index >= 15 is 0 Å². The van der Waals surface area contributed by atoms with Crippen molar-refractivity contribution >= 4 is 5.83 Å². The second-order valence-electron chi connectivity index (χ2n) is 12.9. The van der Waals surface area contributed by atoms with Crippen molar-refractivity contribution in [1.82, 2.24) is 0 Å². The van der Waals surface area contributed by atoms with Crippen molar-refractivity contribution in [2.75, 3.05) is 0 Å². The molecule has 48 heavy (non-hydrogen) atoms. The summed E-state index contributed by atoms with van der Waals surface area (Å²) in [5.74, 6) is -9.20. The summed E-state index contributed by atoms with van der Waals surface area (Å²) in [6.07, 6.45) is 7.04. The smallest absolute Gasteiger partial charge is 0.429 e. The molecule has 258 valence electrons. The zero-order valence-corrected chi connectivity index (χ0v) is 26.5. The molecule has 10 heteroatoms. The zero-order valence-electron chi connectivity index (χ0n) is 26.5. The summed E-state index contributed by atoms with van der Waals surface area (Å²) in [5.41, 5.74) is -0.0892. The molecule has 0 radical (unpaired) electrons. The van der Waals surface area contributed by atoms with E-state index in [1.165, 1.54) is 12.1 Å². The van der Waals surface area contributed by atoms with E-state index in [1.54, 1.807) is 13.0 Å². The van der Waals surface area contributed by atoms with Gasteiger partial charge in [-0.15, -0.1) is 0 Å². The molecule has 3 aromatic carbocycles. The predicted octanol–water partition coefficient (Wildman–Crippen LogP) is 12.7. The Morgan fingerprint density at radius 1 is 0.708 bits per heavy atom. The fourth-order valence-electron chi connectivity index (χ4n) is 6.88. The highest BCUT2D eigenvalue weighted by Crippen LogP contribution is 2.41. The first-order chi connectivity index (χ1) is 22.9. The molecular formula is C38H37F9O. The van der Waals surface area contributed by atoms with Gasteiger partial charge in [-0.25, -0.2) is 30.7 Å². The lowest BCUT2D eigenvalue weighted by Crippen LogP contribution is -2.24. The molecule has 0 aliphatic heterocycles. The Balaban J connectivity index is 1.11. The van der Waals surface area contributed by atoms with Gasteiger partial charge in [-0.2, -0.15) is 8.78 Å². The summed E-state index contributed by atoms with van der Waals surface area (Å²) in [7, 11) is 0. The lowest BCUT2D eigenvalue weighted by atomic mass is 9.76. The van der Waals surface area contributed by atoms with Gasteiger partial charge in [0.2, 0.25) is 0 Å². The van der Waals surface area contributed by atoms with Crippen molar-refractivity contribution in [1.29, 1.82) is 0 Å². The molecule has 1 nitrogen and oxygen atoms in total. The van der Waals surface area contributed by atoms with E-state index in [4.69, 9.17) is 0 Å². The maximum Gasteiger partial charge on any atom is 0.429 e. The van der Waals surface area contributed by atoms with Gasteiger partial charge in [0, 0.05) is 24.1 Å². The highest BCUT2D eigenvalue weighted by atomic mass is 19.3. The largest absolute Gasteiger partial charge is 0.429 e. The maximum atomic E-state index is 14.9. The molecule has 0 unspecified atom stereocenters. The van der Waals surface area contributed by atoms with E-state index in [0.29, 0.717) is 29.4 Å². The predicted molar refractivity (Wildman–Crippen MR) is 166 cm³/mol. The molecule has 0 spiro atoms. The molecule has 0 N–H and O–H groups in total. The Labute approximate surface area is 274 Å². The van der Waals surface area contributed by atoms with Crippen molar-refractivity contribution in [3.63, 3.8) is 0 Å². The van der Waals surface area contributed by atoms with Gasteiger partial charge >= 0.3 is 6.11 Å². The van der Waals surface area contributed by atoms with Crippen LogP contribution in [0.3, 0.4) is 0 Å². The van der Waals surface area contributed by atoms with Gasteiger partial charge in [-0.1, -0.05) is 37.3 Å². The van der Waals surface area contributed by atoms with Crippen LogP contribution in [0, 0.1) is 40.9 Å². The van der Waals surface area contributed by atoms with E-state index in [1.807, 2.05) is 0 Å². The van der Waals surface area contributed by atoms with Crippen LogP contribution >= 0.6 is 0 Å². The van der Waals surface area contributed by atoms with Crippen LogP contribution in [-0.2, 0) is 6.11 Å². The van der Waals surface area contributed by atoms with Crippen LogP contribution in [-0.4, -0.2) is 0 Å². The minimum Gasteiger partial charge on any atom is -0.429 e. The third kappa shape index (κ3) is 8.29. The average Bonchev–Trinajstić information content (AvgIpc) is 3.06. The number of hydrogen-bond acceptors (Lipinski definition) is 1. The van der Waals surface area contributed by atoms with E-state index in [2.05, 4.69) is 16.9 Å². The molecule has 2 aliphatic rings. The lowest BCUT2D eigenvalue weighted by molar-refractivity contribution is -0.187. The van der Waals surface area contributed by atoms with Crippen LogP contribution in [0.4, 0.5) is 39.5 Å². The standard InChI is InChI=1S/C38H37F9O/c1-2-3-31(39)36(44)27-14-16-29(32(40)19-27)25-12-8-23(9-13-25)5-4-22-6-10-24(11-7-22)26-15-17-30(33(41)18-26)38(46,47)48-28-20-34(42)37(45)35(43)21-28/h4-5,14-25H,2-3,6-13H2,1H3. The van der Waals surface area contributed by atoms with Gasteiger partial charge < -0.3 is 4.74 Å². The zero-order chi connectivity index (χ0) is 34.6. The van der Waals surface area contributed by atoms with Gasteiger partial charge in [-0.3, -0.25) is 0 Å². The summed E-state index contributed by atoms with van der Waals surface area (Å²) in [4.78, 5) is 0. The van der Waals surface area contributed by atoms with Gasteiger partial charge in [0.15, 0.2) is 23.3 Å². The number of alkyl halides is 2. The molecule has 0 aromatic heterocycles. The van der Waals surface area contributed by atoms with Crippen molar-refractivity contribution in [2.45, 2.75) is 89.1 Å². The third-order valence-corrected chi connectivity index (χ3v) is 9.58. The number of hydrogen-bond donors (Lipinski definition) is 0. The Morgan fingerprint density at radius 3 is 1.83 bits per heavy atom. The first kappa shape index (κ1) is 35.6. The highest BCUT2D eigenvalue weighted by Gasteiger charge is 2.38. The topological polar surface area (TPSA) is 9.23 Å². The van der Waals surface area contributed by atoms with E-state index in [-0.39, 0.29) is 36.0 Å². The second kappa shape index (κ2) is 15.2. The minimum absolute atomic E-state index is 0.0128. The monoisotopic (exact) mass is 680 g/mol.